The average molecular weight is 270 g/mol. The Kier molecular flexibility index (Phi) is 6.12. The Balaban J connectivity index is 2.50. The second kappa shape index (κ2) is 7.36. The van der Waals surface area contributed by atoms with Gasteiger partial charge < -0.3 is 14.9 Å². The first-order valence-corrected chi connectivity index (χ1v) is 7.26. The third-order valence-electron chi connectivity index (χ3n) is 4.00. The van der Waals surface area contributed by atoms with Crippen LogP contribution in [0.4, 0.5) is 4.79 Å². The zero-order valence-electron chi connectivity index (χ0n) is 12.3. The van der Waals surface area contributed by atoms with Gasteiger partial charge in [-0.1, -0.05) is 20.3 Å². The standard InChI is InChI=1S/C14H26N2O3/c1-4-11(3)10-15(5-2)14(19)16-8-6-12(7-9-16)13(17)18/h11-12H,4-10H2,1-3H3,(H,17,18). The van der Waals surface area contributed by atoms with Crippen LogP contribution in [0.25, 0.3) is 0 Å². The molecule has 110 valence electrons. The van der Waals surface area contributed by atoms with Gasteiger partial charge in [-0.2, -0.15) is 0 Å². The van der Waals surface area contributed by atoms with Crippen molar-refractivity contribution in [2.24, 2.45) is 11.8 Å². The topological polar surface area (TPSA) is 60.9 Å². The summed E-state index contributed by atoms with van der Waals surface area (Å²) in [5.74, 6) is -0.520. The molecule has 1 N–H and O–H groups in total. The van der Waals surface area contributed by atoms with E-state index in [4.69, 9.17) is 5.11 Å². The summed E-state index contributed by atoms with van der Waals surface area (Å²) in [6.07, 6.45) is 2.20. The number of hydrogen-bond acceptors (Lipinski definition) is 2. The van der Waals surface area contributed by atoms with Crippen LogP contribution < -0.4 is 0 Å². The number of carboxylic acids is 1. The molecule has 5 heteroatoms. The van der Waals surface area contributed by atoms with Gasteiger partial charge in [-0.25, -0.2) is 4.79 Å². The summed E-state index contributed by atoms with van der Waals surface area (Å²) in [4.78, 5) is 26.9. The predicted molar refractivity (Wildman–Crippen MR) is 74.0 cm³/mol. The van der Waals surface area contributed by atoms with Crippen LogP contribution in [-0.2, 0) is 4.79 Å². The Morgan fingerprint density at radius 3 is 2.32 bits per heavy atom. The van der Waals surface area contributed by atoms with Gasteiger partial charge in [-0.15, -0.1) is 0 Å². The molecule has 1 rings (SSSR count). The van der Waals surface area contributed by atoms with Crippen molar-refractivity contribution >= 4 is 12.0 Å². The van der Waals surface area contributed by atoms with E-state index in [-0.39, 0.29) is 11.9 Å². The number of carbonyl (C=O) groups is 2. The first kappa shape index (κ1) is 15.8. The van der Waals surface area contributed by atoms with E-state index in [2.05, 4.69) is 13.8 Å². The van der Waals surface area contributed by atoms with Gasteiger partial charge in [0.2, 0.25) is 0 Å². The van der Waals surface area contributed by atoms with Crippen LogP contribution in [0.3, 0.4) is 0 Å². The second-order valence-electron chi connectivity index (χ2n) is 5.43. The lowest BCUT2D eigenvalue weighted by molar-refractivity contribution is -0.143. The lowest BCUT2D eigenvalue weighted by Crippen LogP contribution is -2.48. The first-order chi connectivity index (χ1) is 8.99. The molecule has 5 nitrogen and oxygen atoms in total. The maximum Gasteiger partial charge on any atom is 0.319 e. The van der Waals surface area contributed by atoms with E-state index in [1.807, 2.05) is 11.8 Å². The molecule has 0 aromatic heterocycles. The van der Waals surface area contributed by atoms with Gasteiger partial charge in [0.25, 0.3) is 0 Å². The summed E-state index contributed by atoms with van der Waals surface area (Å²) in [5.41, 5.74) is 0. The van der Waals surface area contributed by atoms with Crippen molar-refractivity contribution in [3.05, 3.63) is 0 Å². The molecule has 0 aliphatic carbocycles. The summed E-state index contributed by atoms with van der Waals surface area (Å²) < 4.78 is 0. The number of likely N-dealkylation sites (tertiary alicyclic amines) is 1. The molecule has 0 saturated carbocycles. The molecule has 0 aromatic carbocycles. The summed E-state index contributed by atoms with van der Waals surface area (Å²) in [7, 11) is 0. The van der Waals surface area contributed by atoms with E-state index in [9.17, 15) is 9.59 Å². The van der Waals surface area contributed by atoms with E-state index < -0.39 is 5.97 Å². The molecule has 0 radical (unpaired) electrons. The number of nitrogens with zero attached hydrogens (tertiary/aromatic N) is 2. The van der Waals surface area contributed by atoms with Crippen molar-refractivity contribution < 1.29 is 14.7 Å². The monoisotopic (exact) mass is 270 g/mol. The highest BCUT2D eigenvalue weighted by atomic mass is 16.4. The van der Waals surface area contributed by atoms with Crippen molar-refractivity contribution in [3.63, 3.8) is 0 Å². The predicted octanol–water partition coefficient (Wildman–Crippen LogP) is 2.27. The van der Waals surface area contributed by atoms with Gasteiger partial charge in [-0.3, -0.25) is 4.79 Å². The summed E-state index contributed by atoms with van der Waals surface area (Å²) in [6, 6.07) is 0.0617. The Bertz CT molecular complexity index is 312. The molecule has 19 heavy (non-hydrogen) atoms. The first-order valence-electron chi connectivity index (χ1n) is 7.26. The van der Waals surface area contributed by atoms with Gasteiger partial charge in [0, 0.05) is 26.2 Å². The van der Waals surface area contributed by atoms with Gasteiger partial charge in [0.1, 0.15) is 0 Å². The lowest BCUT2D eigenvalue weighted by Gasteiger charge is -2.35. The third kappa shape index (κ3) is 4.40. The fourth-order valence-corrected chi connectivity index (χ4v) is 2.37. The lowest BCUT2D eigenvalue weighted by atomic mass is 9.97. The maximum absolute atomic E-state index is 12.4. The smallest absolute Gasteiger partial charge is 0.319 e. The summed E-state index contributed by atoms with van der Waals surface area (Å²) in [5, 5.41) is 8.96. The van der Waals surface area contributed by atoms with Crippen molar-refractivity contribution in [1.82, 2.24) is 9.80 Å². The van der Waals surface area contributed by atoms with E-state index >= 15 is 0 Å². The number of aliphatic carboxylic acids is 1. The van der Waals surface area contributed by atoms with Crippen LogP contribution >= 0.6 is 0 Å². The molecule has 0 bridgehead atoms. The molecule has 0 spiro atoms. The van der Waals surface area contributed by atoms with Crippen LogP contribution in [-0.4, -0.2) is 53.1 Å². The van der Waals surface area contributed by atoms with Gasteiger partial charge in [0.15, 0.2) is 0 Å². The second-order valence-corrected chi connectivity index (χ2v) is 5.43. The third-order valence-corrected chi connectivity index (χ3v) is 4.00. The number of hydrogen-bond donors (Lipinski definition) is 1. The molecule has 1 saturated heterocycles. The molecule has 1 unspecified atom stereocenters. The Morgan fingerprint density at radius 2 is 1.89 bits per heavy atom. The van der Waals surface area contributed by atoms with E-state index in [0.717, 1.165) is 13.0 Å². The van der Waals surface area contributed by atoms with Crippen LogP contribution in [0.1, 0.15) is 40.0 Å². The van der Waals surface area contributed by atoms with Crippen LogP contribution in [0, 0.1) is 11.8 Å². The van der Waals surface area contributed by atoms with Crippen molar-refractivity contribution in [1.29, 1.82) is 0 Å². The zero-order chi connectivity index (χ0) is 14.4. The van der Waals surface area contributed by atoms with Crippen LogP contribution in [0.15, 0.2) is 0 Å². The highest BCUT2D eigenvalue weighted by molar-refractivity contribution is 5.75. The van der Waals surface area contributed by atoms with Gasteiger partial charge in [0.05, 0.1) is 5.92 Å². The molecule has 0 aromatic rings. The molecule has 1 fully saturated rings. The number of amides is 2. The highest BCUT2D eigenvalue weighted by Crippen LogP contribution is 2.19. The van der Waals surface area contributed by atoms with Crippen LogP contribution in [0.5, 0.6) is 0 Å². The number of urea groups is 1. The molecule has 1 atom stereocenters. The zero-order valence-corrected chi connectivity index (χ0v) is 12.3. The number of piperidine rings is 1. The van der Waals surface area contributed by atoms with Gasteiger partial charge in [-0.05, 0) is 25.7 Å². The van der Waals surface area contributed by atoms with Crippen molar-refractivity contribution in [3.8, 4) is 0 Å². The molecule has 1 heterocycles. The molecule has 1 aliphatic rings. The van der Waals surface area contributed by atoms with E-state index in [0.29, 0.717) is 38.4 Å². The largest absolute Gasteiger partial charge is 0.481 e. The normalized spacial score (nSPS) is 18.2. The minimum Gasteiger partial charge on any atom is -0.481 e. The average Bonchev–Trinajstić information content (AvgIpc) is 2.43. The van der Waals surface area contributed by atoms with E-state index in [1.165, 1.54) is 0 Å². The fraction of sp³-hybridized carbons (Fsp3) is 0.857. The summed E-state index contributed by atoms with van der Waals surface area (Å²) >= 11 is 0. The molecular formula is C14H26N2O3. The summed E-state index contributed by atoms with van der Waals surface area (Å²) in [6.45, 7) is 8.88. The SMILES string of the molecule is CCC(C)CN(CC)C(=O)N1CCC(C(=O)O)CC1. The van der Waals surface area contributed by atoms with Crippen molar-refractivity contribution in [2.75, 3.05) is 26.2 Å². The maximum atomic E-state index is 12.4. The number of carbonyl (C=O) groups excluding carboxylic acids is 1. The van der Waals surface area contributed by atoms with E-state index in [1.54, 1.807) is 4.90 Å². The Labute approximate surface area is 115 Å². The highest BCUT2D eigenvalue weighted by Gasteiger charge is 2.29. The minimum absolute atomic E-state index is 0.0617. The Morgan fingerprint density at radius 1 is 1.32 bits per heavy atom. The fourth-order valence-electron chi connectivity index (χ4n) is 2.37. The quantitative estimate of drug-likeness (QED) is 0.833. The van der Waals surface area contributed by atoms with Gasteiger partial charge >= 0.3 is 12.0 Å². The molecule has 1 aliphatic heterocycles. The Hall–Kier alpha value is -1.26. The molecular weight excluding hydrogens is 244 g/mol. The number of carboxylic acid groups (broad SMARTS) is 1. The molecule has 2 amide bonds. The van der Waals surface area contributed by atoms with Crippen molar-refractivity contribution in [2.45, 2.75) is 40.0 Å². The minimum atomic E-state index is -0.737. The van der Waals surface area contributed by atoms with Crippen LogP contribution in [0.2, 0.25) is 0 Å². The number of rotatable bonds is 5.